The van der Waals surface area contributed by atoms with Gasteiger partial charge >= 0.3 is 5.97 Å². The molecular weight excluding hydrogens is 376 g/mol. The molecule has 3 aromatic rings. The molecule has 0 atom stereocenters. The van der Waals surface area contributed by atoms with Crippen LogP contribution in [-0.2, 0) is 16.0 Å². The van der Waals surface area contributed by atoms with Gasteiger partial charge in [0, 0.05) is 5.56 Å². The highest BCUT2D eigenvalue weighted by Gasteiger charge is 2.26. The van der Waals surface area contributed by atoms with E-state index in [1.54, 1.807) is 38.3 Å². The van der Waals surface area contributed by atoms with E-state index in [-0.39, 0.29) is 18.0 Å². The molecule has 0 radical (unpaired) electrons. The molecule has 0 aromatic heterocycles. The Bertz CT molecular complexity index is 1020. The Kier molecular flexibility index (Phi) is 7.17. The SMILES string of the molecule is CCOC(=O)C(C(=O)c1ccc(OC)cc1)=C(Cc1ccccc1)c1ccccc1. The molecule has 0 amide bonds. The summed E-state index contributed by atoms with van der Waals surface area (Å²) in [4.78, 5) is 26.4. The van der Waals surface area contributed by atoms with E-state index in [1.807, 2.05) is 60.7 Å². The van der Waals surface area contributed by atoms with Crippen LogP contribution in [0.3, 0.4) is 0 Å². The highest BCUT2D eigenvalue weighted by atomic mass is 16.5. The van der Waals surface area contributed by atoms with Crippen molar-refractivity contribution in [1.82, 2.24) is 0 Å². The van der Waals surface area contributed by atoms with Gasteiger partial charge in [-0.3, -0.25) is 4.79 Å². The van der Waals surface area contributed by atoms with Crippen LogP contribution >= 0.6 is 0 Å². The first-order valence-electron chi connectivity index (χ1n) is 9.82. The van der Waals surface area contributed by atoms with Gasteiger partial charge in [0.05, 0.1) is 13.7 Å². The lowest BCUT2D eigenvalue weighted by Crippen LogP contribution is -2.19. The van der Waals surface area contributed by atoms with Gasteiger partial charge in [0.15, 0.2) is 0 Å². The zero-order valence-corrected chi connectivity index (χ0v) is 17.1. The van der Waals surface area contributed by atoms with Crippen LogP contribution in [0.1, 0.15) is 28.4 Å². The topological polar surface area (TPSA) is 52.6 Å². The average Bonchev–Trinajstić information content (AvgIpc) is 2.80. The van der Waals surface area contributed by atoms with Crippen LogP contribution in [0.25, 0.3) is 5.57 Å². The van der Waals surface area contributed by atoms with Gasteiger partial charge in [-0.05, 0) is 54.3 Å². The lowest BCUT2D eigenvalue weighted by atomic mass is 9.89. The van der Waals surface area contributed by atoms with Crippen molar-refractivity contribution < 1.29 is 19.1 Å². The molecule has 0 bridgehead atoms. The monoisotopic (exact) mass is 400 g/mol. The van der Waals surface area contributed by atoms with E-state index in [4.69, 9.17) is 9.47 Å². The van der Waals surface area contributed by atoms with Crippen molar-refractivity contribution in [2.24, 2.45) is 0 Å². The molecule has 3 aromatic carbocycles. The Labute approximate surface area is 176 Å². The minimum absolute atomic E-state index is 0.0528. The van der Waals surface area contributed by atoms with Crippen LogP contribution in [0.15, 0.2) is 90.5 Å². The van der Waals surface area contributed by atoms with E-state index in [2.05, 4.69) is 0 Å². The van der Waals surface area contributed by atoms with Crippen LogP contribution < -0.4 is 4.74 Å². The van der Waals surface area contributed by atoms with Gasteiger partial charge in [0.1, 0.15) is 11.3 Å². The number of hydrogen-bond acceptors (Lipinski definition) is 4. The molecule has 0 fully saturated rings. The fourth-order valence-electron chi connectivity index (χ4n) is 3.22. The Balaban J connectivity index is 2.17. The van der Waals surface area contributed by atoms with E-state index < -0.39 is 5.97 Å². The van der Waals surface area contributed by atoms with Crippen molar-refractivity contribution in [2.45, 2.75) is 13.3 Å². The highest BCUT2D eigenvalue weighted by Crippen LogP contribution is 2.27. The predicted octanol–water partition coefficient (Wildman–Crippen LogP) is 5.14. The number of carbonyl (C=O) groups is 2. The lowest BCUT2D eigenvalue weighted by molar-refractivity contribution is -0.138. The number of esters is 1. The summed E-state index contributed by atoms with van der Waals surface area (Å²) in [5.74, 6) is -0.347. The molecule has 152 valence electrons. The van der Waals surface area contributed by atoms with Gasteiger partial charge in [-0.2, -0.15) is 0 Å². The fourth-order valence-corrected chi connectivity index (χ4v) is 3.22. The number of methoxy groups -OCH3 is 1. The number of rotatable bonds is 8. The molecule has 0 spiro atoms. The molecular formula is C26H24O4. The quantitative estimate of drug-likeness (QED) is 0.173. The maximum Gasteiger partial charge on any atom is 0.342 e. The normalized spacial score (nSPS) is 11.4. The first kappa shape index (κ1) is 21.1. The van der Waals surface area contributed by atoms with Crippen molar-refractivity contribution in [1.29, 1.82) is 0 Å². The molecule has 4 heteroatoms. The van der Waals surface area contributed by atoms with Gasteiger partial charge in [-0.15, -0.1) is 0 Å². The van der Waals surface area contributed by atoms with Crippen molar-refractivity contribution in [2.75, 3.05) is 13.7 Å². The standard InChI is InChI=1S/C26H24O4/c1-3-30-26(28)24(25(27)21-14-16-22(29-2)17-15-21)23(20-12-8-5-9-13-20)18-19-10-6-4-7-11-19/h4-17H,3,18H2,1-2H3. The van der Waals surface area contributed by atoms with Crippen LogP contribution in [-0.4, -0.2) is 25.5 Å². The summed E-state index contributed by atoms with van der Waals surface area (Å²) < 4.78 is 10.5. The van der Waals surface area contributed by atoms with E-state index in [9.17, 15) is 9.59 Å². The minimum atomic E-state index is -0.617. The van der Waals surface area contributed by atoms with Gasteiger partial charge in [0.2, 0.25) is 5.78 Å². The zero-order valence-electron chi connectivity index (χ0n) is 17.1. The van der Waals surface area contributed by atoms with Crippen molar-refractivity contribution in [3.63, 3.8) is 0 Å². The number of carbonyl (C=O) groups excluding carboxylic acids is 2. The van der Waals surface area contributed by atoms with E-state index in [0.29, 0.717) is 23.3 Å². The second kappa shape index (κ2) is 10.2. The minimum Gasteiger partial charge on any atom is -0.497 e. The third-order valence-corrected chi connectivity index (χ3v) is 4.71. The molecule has 4 nitrogen and oxygen atoms in total. The van der Waals surface area contributed by atoms with Gasteiger partial charge in [0.25, 0.3) is 0 Å². The Hall–Kier alpha value is -3.66. The second-order valence-electron chi connectivity index (χ2n) is 6.66. The van der Waals surface area contributed by atoms with Gasteiger partial charge in [-0.25, -0.2) is 4.79 Å². The molecule has 0 aliphatic rings. The van der Waals surface area contributed by atoms with E-state index >= 15 is 0 Å². The molecule has 30 heavy (non-hydrogen) atoms. The maximum atomic E-state index is 13.5. The summed E-state index contributed by atoms with van der Waals surface area (Å²) in [6.07, 6.45) is 0.431. The highest BCUT2D eigenvalue weighted by molar-refractivity contribution is 6.28. The smallest absolute Gasteiger partial charge is 0.342 e. The first-order valence-corrected chi connectivity index (χ1v) is 9.82. The predicted molar refractivity (Wildman–Crippen MR) is 117 cm³/mol. The summed E-state index contributed by atoms with van der Waals surface area (Å²) in [5.41, 5.74) is 2.91. The van der Waals surface area contributed by atoms with Crippen molar-refractivity contribution >= 4 is 17.3 Å². The number of ether oxygens (including phenoxy) is 2. The molecule has 0 saturated heterocycles. The molecule has 0 saturated carbocycles. The van der Waals surface area contributed by atoms with Crippen molar-refractivity contribution in [3.05, 3.63) is 107 Å². The zero-order chi connectivity index (χ0) is 21.3. The van der Waals surface area contributed by atoms with E-state index in [0.717, 1.165) is 11.1 Å². The average molecular weight is 400 g/mol. The van der Waals surface area contributed by atoms with Gasteiger partial charge < -0.3 is 9.47 Å². The van der Waals surface area contributed by atoms with Crippen LogP contribution in [0.2, 0.25) is 0 Å². The van der Waals surface area contributed by atoms with Crippen LogP contribution in [0.5, 0.6) is 5.75 Å². The second-order valence-corrected chi connectivity index (χ2v) is 6.66. The number of hydrogen-bond donors (Lipinski definition) is 0. The summed E-state index contributed by atoms with van der Waals surface area (Å²) in [7, 11) is 1.56. The Morgan fingerprint density at radius 2 is 1.37 bits per heavy atom. The van der Waals surface area contributed by atoms with Crippen molar-refractivity contribution in [3.8, 4) is 5.75 Å². The number of allylic oxidation sites excluding steroid dienone is 1. The van der Waals surface area contributed by atoms with Crippen LogP contribution in [0, 0.1) is 0 Å². The largest absolute Gasteiger partial charge is 0.497 e. The third-order valence-electron chi connectivity index (χ3n) is 4.71. The number of ketones is 1. The lowest BCUT2D eigenvalue weighted by Gasteiger charge is -2.15. The molecule has 0 heterocycles. The molecule has 0 N–H and O–H groups in total. The number of benzene rings is 3. The molecule has 0 aliphatic carbocycles. The Morgan fingerprint density at radius 3 is 1.93 bits per heavy atom. The van der Waals surface area contributed by atoms with Gasteiger partial charge in [-0.1, -0.05) is 60.7 Å². The first-order chi connectivity index (χ1) is 14.6. The third kappa shape index (κ3) is 5.03. The summed E-state index contributed by atoms with van der Waals surface area (Å²) >= 11 is 0. The maximum absolute atomic E-state index is 13.5. The summed E-state index contributed by atoms with van der Waals surface area (Å²) in [6, 6.07) is 26.0. The fraction of sp³-hybridized carbons (Fsp3) is 0.154. The Morgan fingerprint density at radius 1 is 0.767 bits per heavy atom. The molecule has 0 unspecified atom stereocenters. The van der Waals surface area contributed by atoms with E-state index in [1.165, 1.54) is 0 Å². The van der Waals surface area contributed by atoms with Crippen LogP contribution in [0.4, 0.5) is 0 Å². The summed E-state index contributed by atoms with van der Waals surface area (Å²) in [6.45, 7) is 1.92. The number of Topliss-reactive ketones (excluding diaryl/α,β-unsaturated/α-hetero) is 1. The molecule has 0 aliphatic heterocycles. The summed E-state index contributed by atoms with van der Waals surface area (Å²) in [5, 5.41) is 0. The molecule has 3 rings (SSSR count).